The molecule has 61 valence electrons. The van der Waals surface area contributed by atoms with Crippen LogP contribution in [0.1, 0.15) is 19.8 Å². The first-order chi connectivity index (χ1) is 4.91. The number of hydrogen-bond acceptors (Lipinski definition) is 2. The molecule has 0 rings (SSSR count). The first-order valence-electron chi connectivity index (χ1n) is 3.65. The minimum Gasteiger partial charge on any atom is -0.379 e. The second-order valence-corrected chi connectivity index (χ2v) is 1.99. The van der Waals surface area contributed by atoms with Crippen LogP contribution in [0.4, 0.5) is 0 Å². The zero-order valence-corrected chi connectivity index (χ0v) is 6.47. The maximum Gasteiger partial charge on any atom is 0.180 e. The molecular formula is C7H15O3. The summed E-state index contributed by atoms with van der Waals surface area (Å²) >= 11 is 0. The molecule has 0 aliphatic carbocycles. The number of unbranched alkanes of at least 4 members (excludes halogenated alkanes) is 1. The SMILES string of the molecule is CCCCOCCOC[O]. The highest BCUT2D eigenvalue weighted by Crippen LogP contribution is 1.87. The first kappa shape index (κ1) is 9.88. The summed E-state index contributed by atoms with van der Waals surface area (Å²) in [6, 6.07) is 0. The van der Waals surface area contributed by atoms with Crippen molar-refractivity contribution < 1.29 is 14.6 Å². The average Bonchev–Trinajstić information content (AvgIpc) is 1.97. The largest absolute Gasteiger partial charge is 0.379 e. The molecule has 0 aromatic heterocycles. The lowest BCUT2D eigenvalue weighted by Crippen LogP contribution is -2.04. The predicted octanol–water partition coefficient (Wildman–Crippen LogP) is 1.21. The van der Waals surface area contributed by atoms with Crippen molar-refractivity contribution in [1.82, 2.24) is 0 Å². The van der Waals surface area contributed by atoms with Gasteiger partial charge in [0, 0.05) is 6.61 Å². The standard InChI is InChI=1S/C7H15O3/c1-2-3-4-9-5-6-10-7-8/h2-7H2,1H3. The maximum atomic E-state index is 9.74. The molecule has 0 heterocycles. The molecule has 0 aliphatic rings. The molecule has 0 aromatic rings. The third-order valence-corrected chi connectivity index (χ3v) is 1.10. The smallest absolute Gasteiger partial charge is 0.180 e. The Labute approximate surface area is 62.0 Å². The van der Waals surface area contributed by atoms with Gasteiger partial charge in [0.1, 0.15) is 0 Å². The molecule has 1 radical (unpaired) electrons. The van der Waals surface area contributed by atoms with E-state index in [4.69, 9.17) is 4.74 Å². The van der Waals surface area contributed by atoms with E-state index in [-0.39, 0.29) is 0 Å². The van der Waals surface area contributed by atoms with Gasteiger partial charge in [-0.2, -0.15) is 0 Å². The molecule has 0 spiro atoms. The van der Waals surface area contributed by atoms with Crippen molar-refractivity contribution in [3.05, 3.63) is 0 Å². The summed E-state index contributed by atoms with van der Waals surface area (Å²) in [5.74, 6) is 0. The molecule has 0 saturated carbocycles. The second-order valence-electron chi connectivity index (χ2n) is 1.99. The van der Waals surface area contributed by atoms with Crippen LogP contribution < -0.4 is 0 Å². The number of rotatable bonds is 7. The van der Waals surface area contributed by atoms with Crippen LogP contribution in [0.15, 0.2) is 0 Å². The first-order valence-corrected chi connectivity index (χ1v) is 3.65. The van der Waals surface area contributed by atoms with Crippen LogP contribution in [0.25, 0.3) is 0 Å². The summed E-state index contributed by atoms with van der Waals surface area (Å²) in [6.07, 6.45) is 2.22. The molecule has 0 N–H and O–H groups in total. The van der Waals surface area contributed by atoms with Crippen LogP contribution in [0.3, 0.4) is 0 Å². The fourth-order valence-electron chi connectivity index (χ4n) is 0.525. The molecule has 0 bridgehead atoms. The highest BCUT2D eigenvalue weighted by atomic mass is 16.6. The molecule has 0 fully saturated rings. The molecule has 0 saturated heterocycles. The highest BCUT2D eigenvalue weighted by molar-refractivity contribution is 4.32. The summed E-state index contributed by atoms with van der Waals surface area (Å²) in [7, 11) is 0. The second kappa shape index (κ2) is 8.88. The average molecular weight is 147 g/mol. The summed E-state index contributed by atoms with van der Waals surface area (Å²) in [5.41, 5.74) is 0. The van der Waals surface area contributed by atoms with E-state index in [0.29, 0.717) is 13.2 Å². The van der Waals surface area contributed by atoms with Crippen LogP contribution in [0.2, 0.25) is 0 Å². The van der Waals surface area contributed by atoms with Gasteiger partial charge in [-0.05, 0) is 6.42 Å². The van der Waals surface area contributed by atoms with E-state index in [9.17, 15) is 5.11 Å². The topological polar surface area (TPSA) is 38.4 Å². The Morgan fingerprint density at radius 1 is 1.10 bits per heavy atom. The Morgan fingerprint density at radius 3 is 2.40 bits per heavy atom. The van der Waals surface area contributed by atoms with Crippen LogP contribution in [-0.4, -0.2) is 26.6 Å². The van der Waals surface area contributed by atoms with Crippen molar-refractivity contribution in [2.24, 2.45) is 0 Å². The Kier molecular flexibility index (Phi) is 8.77. The van der Waals surface area contributed by atoms with Crippen LogP contribution in [0.5, 0.6) is 0 Å². The minimum atomic E-state index is -0.461. The zero-order valence-electron chi connectivity index (χ0n) is 6.47. The molecular weight excluding hydrogens is 132 g/mol. The van der Waals surface area contributed by atoms with Gasteiger partial charge in [-0.1, -0.05) is 13.3 Å². The summed E-state index contributed by atoms with van der Waals surface area (Å²) in [4.78, 5) is 0. The van der Waals surface area contributed by atoms with Crippen LogP contribution in [0, 0.1) is 0 Å². The van der Waals surface area contributed by atoms with E-state index < -0.39 is 6.79 Å². The number of hydrogen-bond donors (Lipinski definition) is 0. The van der Waals surface area contributed by atoms with E-state index in [1.165, 1.54) is 0 Å². The van der Waals surface area contributed by atoms with Gasteiger partial charge in [0.25, 0.3) is 0 Å². The lowest BCUT2D eigenvalue weighted by atomic mass is 10.4. The highest BCUT2D eigenvalue weighted by Gasteiger charge is 1.86. The molecule has 10 heavy (non-hydrogen) atoms. The van der Waals surface area contributed by atoms with Crippen molar-refractivity contribution in [3.8, 4) is 0 Å². The van der Waals surface area contributed by atoms with E-state index in [2.05, 4.69) is 11.7 Å². The van der Waals surface area contributed by atoms with Gasteiger partial charge in [-0.15, -0.1) is 0 Å². The molecule has 0 aliphatic heterocycles. The van der Waals surface area contributed by atoms with E-state index >= 15 is 0 Å². The minimum absolute atomic E-state index is 0.424. The van der Waals surface area contributed by atoms with Crippen molar-refractivity contribution in [1.29, 1.82) is 0 Å². The predicted molar refractivity (Wildman–Crippen MR) is 37.2 cm³/mol. The maximum absolute atomic E-state index is 9.74. The van der Waals surface area contributed by atoms with Gasteiger partial charge in [-0.3, -0.25) is 0 Å². The Morgan fingerprint density at radius 2 is 1.80 bits per heavy atom. The molecule has 3 heteroatoms. The Hall–Kier alpha value is -0.120. The van der Waals surface area contributed by atoms with E-state index in [1.807, 2.05) is 0 Å². The Bertz CT molecular complexity index is 48.8. The molecule has 0 atom stereocenters. The Balaban J connectivity index is 2.65. The summed E-state index contributed by atoms with van der Waals surface area (Å²) in [5, 5.41) is 9.74. The molecule has 3 nitrogen and oxygen atoms in total. The molecule has 0 unspecified atom stereocenters. The van der Waals surface area contributed by atoms with Gasteiger partial charge >= 0.3 is 0 Å². The monoisotopic (exact) mass is 147 g/mol. The fraction of sp³-hybridized carbons (Fsp3) is 1.00. The van der Waals surface area contributed by atoms with Gasteiger partial charge in [0.05, 0.1) is 13.2 Å². The number of ether oxygens (including phenoxy) is 2. The van der Waals surface area contributed by atoms with Gasteiger partial charge in [0.15, 0.2) is 6.79 Å². The van der Waals surface area contributed by atoms with Crippen LogP contribution in [-0.2, 0) is 14.6 Å². The van der Waals surface area contributed by atoms with E-state index in [1.54, 1.807) is 0 Å². The van der Waals surface area contributed by atoms with Crippen molar-refractivity contribution in [2.75, 3.05) is 26.6 Å². The summed E-state index contributed by atoms with van der Waals surface area (Å²) < 4.78 is 9.65. The third-order valence-electron chi connectivity index (χ3n) is 1.10. The zero-order chi connectivity index (χ0) is 7.66. The van der Waals surface area contributed by atoms with Crippen molar-refractivity contribution >= 4 is 0 Å². The third kappa shape index (κ3) is 7.88. The van der Waals surface area contributed by atoms with Crippen LogP contribution >= 0.6 is 0 Å². The van der Waals surface area contributed by atoms with Gasteiger partial charge in [0.2, 0.25) is 0 Å². The van der Waals surface area contributed by atoms with Gasteiger partial charge in [-0.25, -0.2) is 5.11 Å². The van der Waals surface area contributed by atoms with Crippen molar-refractivity contribution in [2.45, 2.75) is 19.8 Å². The lowest BCUT2D eigenvalue weighted by molar-refractivity contribution is -0.0621. The quantitative estimate of drug-likeness (QED) is 0.401. The lowest BCUT2D eigenvalue weighted by Gasteiger charge is -2.01. The van der Waals surface area contributed by atoms with E-state index in [0.717, 1.165) is 19.4 Å². The summed E-state index contributed by atoms with van der Waals surface area (Å²) in [6.45, 7) is 3.39. The van der Waals surface area contributed by atoms with Gasteiger partial charge < -0.3 is 9.47 Å². The fourth-order valence-corrected chi connectivity index (χ4v) is 0.525. The normalized spacial score (nSPS) is 10.2. The van der Waals surface area contributed by atoms with Crippen molar-refractivity contribution in [3.63, 3.8) is 0 Å². The molecule has 0 aromatic carbocycles. The molecule has 0 amide bonds.